The second-order valence-corrected chi connectivity index (χ2v) is 6.51. The molecule has 2 aromatic carbocycles. The van der Waals surface area contributed by atoms with Crippen LogP contribution in [0.1, 0.15) is 30.6 Å². The quantitative estimate of drug-likeness (QED) is 0.457. The van der Waals surface area contributed by atoms with Gasteiger partial charge in [0.1, 0.15) is 0 Å². The van der Waals surface area contributed by atoms with Crippen molar-refractivity contribution in [1.29, 1.82) is 0 Å². The maximum absolute atomic E-state index is 12.3. The number of rotatable bonds is 7. The van der Waals surface area contributed by atoms with Crippen LogP contribution in [-0.2, 0) is 4.79 Å². The molecule has 0 unspecified atom stereocenters. The Kier molecular flexibility index (Phi) is 5.40. The summed E-state index contributed by atoms with van der Waals surface area (Å²) in [5, 5.41) is 20.1. The van der Waals surface area contributed by atoms with Crippen LogP contribution in [0.15, 0.2) is 42.5 Å². The van der Waals surface area contributed by atoms with Crippen LogP contribution in [0.2, 0.25) is 0 Å². The van der Waals surface area contributed by atoms with Gasteiger partial charge in [0.25, 0.3) is 0 Å². The SMILES string of the molecule is COc1cc(-c2ccc(C(=O)CC(C)(C)C(=O)O)cc2)ccc1[N+](=O)[O-]. The largest absolute Gasteiger partial charge is 0.490 e. The summed E-state index contributed by atoms with van der Waals surface area (Å²) >= 11 is 0. The first-order chi connectivity index (χ1) is 12.2. The zero-order valence-corrected chi connectivity index (χ0v) is 14.7. The van der Waals surface area contributed by atoms with Crippen LogP contribution in [0.3, 0.4) is 0 Å². The summed E-state index contributed by atoms with van der Waals surface area (Å²) in [4.78, 5) is 33.9. The van der Waals surface area contributed by atoms with Gasteiger partial charge in [0.2, 0.25) is 0 Å². The maximum Gasteiger partial charge on any atom is 0.310 e. The summed E-state index contributed by atoms with van der Waals surface area (Å²) in [7, 11) is 1.36. The van der Waals surface area contributed by atoms with Gasteiger partial charge in [-0.1, -0.05) is 24.3 Å². The molecule has 0 saturated heterocycles. The fourth-order valence-corrected chi connectivity index (χ4v) is 2.44. The maximum atomic E-state index is 12.3. The van der Waals surface area contributed by atoms with Gasteiger partial charge in [-0.25, -0.2) is 0 Å². The molecule has 0 atom stereocenters. The number of nitro groups is 1. The van der Waals surface area contributed by atoms with Crippen molar-refractivity contribution in [2.75, 3.05) is 7.11 Å². The van der Waals surface area contributed by atoms with E-state index in [9.17, 15) is 19.7 Å². The first-order valence-corrected chi connectivity index (χ1v) is 7.85. The third-order valence-corrected chi connectivity index (χ3v) is 4.10. The Labute approximate surface area is 150 Å². The minimum atomic E-state index is -1.14. The van der Waals surface area contributed by atoms with Crippen LogP contribution in [0.4, 0.5) is 5.69 Å². The Morgan fingerprint density at radius 1 is 1.12 bits per heavy atom. The van der Waals surface area contributed by atoms with Crippen molar-refractivity contribution in [1.82, 2.24) is 0 Å². The van der Waals surface area contributed by atoms with Crippen molar-refractivity contribution in [2.24, 2.45) is 5.41 Å². The van der Waals surface area contributed by atoms with Crippen LogP contribution >= 0.6 is 0 Å². The standard InChI is InChI=1S/C19H19NO6/c1-19(2,18(22)23)11-16(21)13-6-4-12(5-7-13)14-8-9-15(20(24)25)17(10-14)26-3/h4-10H,11H2,1-3H3,(H,22,23). The summed E-state index contributed by atoms with van der Waals surface area (Å²) < 4.78 is 5.06. The van der Waals surface area contributed by atoms with Crippen LogP contribution in [0.25, 0.3) is 11.1 Å². The van der Waals surface area contributed by atoms with Crippen molar-refractivity contribution in [3.05, 3.63) is 58.1 Å². The molecule has 7 heteroatoms. The zero-order chi connectivity index (χ0) is 19.5. The predicted octanol–water partition coefficient (Wildman–Crippen LogP) is 3.95. The van der Waals surface area contributed by atoms with E-state index < -0.39 is 16.3 Å². The highest BCUT2D eigenvalue weighted by molar-refractivity contribution is 5.99. The summed E-state index contributed by atoms with van der Waals surface area (Å²) in [6, 6.07) is 11.2. The van der Waals surface area contributed by atoms with E-state index in [0.717, 1.165) is 5.56 Å². The van der Waals surface area contributed by atoms with Gasteiger partial charge in [-0.3, -0.25) is 19.7 Å². The van der Waals surface area contributed by atoms with E-state index in [1.165, 1.54) is 27.0 Å². The van der Waals surface area contributed by atoms with Gasteiger partial charge in [0, 0.05) is 18.1 Å². The van der Waals surface area contributed by atoms with E-state index in [1.807, 2.05) is 0 Å². The van der Waals surface area contributed by atoms with Crippen LogP contribution in [-0.4, -0.2) is 28.9 Å². The lowest BCUT2D eigenvalue weighted by Gasteiger charge is -2.17. The number of methoxy groups -OCH3 is 1. The lowest BCUT2D eigenvalue weighted by atomic mass is 9.85. The van der Waals surface area contributed by atoms with Crippen LogP contribution in [0.5, 0.6) is 5.75 Å². The van der Waals surface area contributed by atoms with E-state index in [-0.39, 0.29) is 23.6 Å². The normalized spacial score (nSPS) is 11.0. The third-order valence-electron chi connectivity index (χ3n) is 4.10. The minimum Gasteiger partial charge on any atom is -0.490 e. The third kappa shape index (κ3) is 4.05. The first-order valence-electron chi connectivity index (χ1n) is 7.85. The van der Waals surface area contributed by atoms with Crippen LogP contribution < -0.4 is 4.74 Å². The Morgan fingerprint density at radius 3 is 2.19 bits per heavy atom. The molecule has 0 spiro atoms. The van der Waals surface area contributed by atoms with Gasteiger partial charge in [0.05, 0.1) is 17.4 Å². The highest BCUT2D eigenvalue weighted by atomic mass is 16.6. The lowest BCUT2D eigenvalue weighted by Crippen LogP contribution is -2.26. The van der Waals surface area contributed by atoms with E-state index in [0.29, 0.717) is 11.1 Å². The molecule has 0 aliphatic carbocycles. The lowest BCUT2D eigenvalue weighted by molar-refractivity contribution is -0.385. The Balaban J connectivity index is 2.26. The summed E-state index contributed by atoms with van der Waals surface area (Å²) in [6.45, 7) is 3.01. The fourth-order valence-electron chi connectivity index (χ4n) is 2.44. The Hall–Kier alpha value is -3.22. The predicted molar refractivity (Wildman–Crippen MR) is 95.4 cm³/mol. The van der Waals surface area contributed by atoms with Gasteiger partial charge in [-0.15, -0.1) is 0 Å². The highest BCUT2D eigenvalue weighted by Crippen LogP contribution is 2.32. The molecule has 2 aromatic rings. The van der Waals surface area contributed by atoms with Gasteiger partial charge >= 0.3 is 11.7 Å². The summed E-state index contributed by atoms with van der Waals surface area (Å²) in [5.74, 6) is -1.14. The number of hydrogen-bond acceptors (Lipinski definition) is 5. The highest BCUT2D eigenvalue weighted by Gasteiger charge is 2.30. The van der Waals surface area contributed by atoms with Gasteiger partial charge < -0.3 is 9.84 Å². The number of hydrogen-bond donors (Lipinski definition) is 1. The average molecular weight is 357 g/mol. The molecule has 0 aromatic heterocycles. The monoisotopic (exact) mass is 357 g/mol. The molecule has 0 radical (unpaired) electrons. The number of nitro benzene ring substituents is 1. The zero-order valence-electron chi connectivity index (χ0n) is 14.7. The van der Waals surface area contributed by atoms with E-state index in [4.69, 9.17) is 9.84 Å². The van der Waals surface area contributed by atoms with Gasteiger partial charge in [-0.05, 0) is 37.1 Å². The van der Waals surface area contributed by atoms with E-state index in [1.54, 1.807) is 36.4 Å². The van der Waals surface area contributed by atoms with Crippen molar-refractivity contribution in [2.45, 2.75) is 20.3 Å². The number of benzene rings is 2. The number of carboxylic acid groups (broad SMARTS) is 1. The molecule has 1 N–H and O–H groups in total. The Bertz CT molecular complexity index is 855. The molecular weight excluding hydrogens is 338 g/mol. The molecule has 0 saturated carbocycles. The van der Waals surface area contributed by atoms with Crippen LogP contribution in [0, 0.1) is 15.5 Å². The number of ether oxygens (including phenoxy) is 1. The van der Waals surface area contributed by atoms with E-state index in [2.05, 4.69) is 0 Å². The number of carbonyl (C=O) groups is 2. The smallest absolute Gasteiger partial charge is 0.310 e. The molecule has 0 aliphatic rings. The molecule has 0 amide bonds. The van der Waals surface area contributed by atoms with Crippen molar-refractivity contribution in [3.63, 3.8) is 0 Å². The average Bonchev–Trinajstić information content (AvgIpc) is 2.60. The number of Topliss-reactive ketones (excluding diaryl/α,β-unsaturated/α-hetero) is 1. The molecular formula is C19H19NO6. The van der Waals surface area contributed by atoms with Gasteiger partial charge in [-0.2, -0.15) is 0 Å². The first kappa shape index (κ1) is 19.1. The Morgan fingerprint density at radius 2 is 1.69 bits per heavy atom. The summed E-state index contributed by atoms with van der Waals surface area (Å²) in [6.07, 6.45) is -0.104. The molecule has 26 heavy (non-hydrogen) atoms. The second-order valence-electron chi connectivity index (χ2n) is 6.51. The molecule has 0 heterocycles. The topological polar surface area (TPSA) is 107 Å². The molecule has 136 valence electrons. The van der Waals surface area contributed by atoms with Crippen molar-refractivity contribution < 1.29 is 24.4 Å². The van der Waals surface area contributed by atoms with E-state index >= 15 is 0 Å². The second kappa shape index (κ2) is 7.35. The molecule has 7 nitrogen and oxygen atoms in total. The van der Waals surface area contributed by atoms with Crippen molar-refractivity contribution in [3.8, 4) is 16.9 Å². The number of carbonyl (C=O) groups excluding carboxylic acids is 1. The number of nitrogens with zero attached hydrogens (tertiary/aromatic N) is 1. The molecule has 0 bridgehead atoms. The minimum absolute atomic E-state index is 0.104. The number of carboxylic acids is 1. The number of ketones is 1. The summed E-state index contributed by atoms with van der Waals surface area (Å²) in [5.41, 5.74) is 0.613. The van der Waals surface area contributed by atoms with Crippen molar-refractivity contribution >= 4 is 17.4 Å². The van der Waals surface area contributed by atoms with Gasteiger partial charge in [0.15, 0.2) is 11.5 Å². The number of aliphatic carboxylic acids is 1. The molecule has 0 fully saturated rings. The molecule has 0 aliphatic heterocycles. The fraction of sp³-hybridized carbons (Fsp3) is 0.263. The molecule has 2 rings (SSSR count).